The highest BCUT2D eigenvalue weighted by Crippen LogP contribution is 2.31. The molecule has 0 spiro atoms. The minimum absolute atomic E-state index is 0.0144. The van der Waals surface area contributed by atoms with Gasteiger partial charge in [-0.2, -0.15) is 0 Å². The van der Waals surface area contributed by atoms with Crippen LogP contribution in [-0.4, -0.2) is 18.4 Å². The molecule has 1 aliphatic heterocycles. The first-order chi connectivity index (χ1) is 11.9. The monoisotopic (exact) mass is 356 g/mol. The predicted molar refractivity (Wildman–Crippen MR) is 101 cm³/mol. The van der Waals surface area contributed by atoms with Crippen molar-refractivity contribution in [2.24, 2.45) is 5.92 Å². The van der Waals surface area contributed by atoms with Crippen LogP contribution in [0.15, 0.2) is 36.4 Å². The third-order valence-corrected chi connectivity index (χ3v) is 5.05. The molecule has 25 heavy (non-hydrogen) atoms. The standard InChI is InChI=1S/C20H21ClN2O2/c1-12-7-8-16(10-17(12)21)22-20(25)15-9-18(24)23(11-15)19-13(2)5-4-6-14(19)3/h4-8,10,15H,9,11H2,1-3H3,(H,22,25). The van der Waals surface area contributed by atoms with E-state index in [9.17, 15) is 9.59 Å². The fourth-order valence-electron chi connectivity index (χ4n) is 3.25. The van der Waals surface area contributed by atoms with Crippen LogP contribution in [0.25, 0.3) is 0 Å². The maximum Gasteiger partial charge on any atom is 0.229 e. The molecule has 1 heterocycles. The normalized spacial score (nSPS) is 17.0. The van der Waals surface area contributed by atoms with Crippen molar-refractivity contribution in [1.29, 1.82) is 0 Å². The fraction of sp³-hybridized carbons (Fsp3) is 0.300. The van der Waals surface area contributed by atoms with Gasteiger partial charge >= 0.3 is 0 Å². The summed E-state index contributed by atoms with van der Waals surface area (Å²) in [6.07, 6.45) is 0.221. The van der Waals surface area contributed by atoms with Crippen LogP contribution < -0.4 is 10.2 Å². The van der Waals surface area contributed by atoms with E-state index in [2.05, 4.69) is 5.32 Å². The van der Waals surface area contributed by atoms with Gasteiger partial charge < -0.3 is 10.2 Å². The molecule has 0 aliphatic carbocycles. The van der Waals surface area contributed by atoms with E-state index < -0.39 is 0 Å². The van der Waals surface area contributed by atoms with Gasteiger partial charge in [0.1, 0.15) is 0 Å². The zero-order valence-corrected chi connectivity index (χ0v) is 15.4. The van der Waals surface area contributed by atoms with Gasteiger partial charge in [0.15, 0.2) is 0 Å². The van der Waals surface area contributed by atoms with Gasteiger partial charge in [-0.3, -0.25) is 9.59 Å². The van der Waals surface area contributed by atoms with Gasteiger partial charge in [-0.1, -0.05) is 35.9 Å². The first-order valence-electron chi connectivity index (χ1n) is 8.30. The molecule has 0 radical (unpaired) electrons. The van der Waals surface area contributed by atoms with Crippen LogP contribution in [0.2, 0.25) is 5.02 Å². The SMILES string of the molecule is Cc1ccc(NC(=O)C2CC(=O)N(c3c(C)cccc3C)C2)cc1Cl. The van der Waals surface area contributed by atoms with E-state index in [1.807, 2.05) is 51.1 Å². The molecule has 2 amide bonds. The zero-order valence-electron chi connectivity index (χ0n) is 14.6. The second-order valence-corrected chi connectivity index (χ2v) is 7.01. The number of halogens is 1. The van der Waals surface area contributed by atoms with Crippen LogP contribution in [0.3, 0.4) is 0 Å². The molecule has 0 saturated carbocycles. The molecule has 4 nitrogen and oxygen atoms in total. The van der Waals surface area contributed by atoms with Gasteiger partial charge in [-0.25, -0.2) is 0 Å². The van der Waals surface area contributed by atoms with Crippen molar-refractivity contribution in [3.63, 3.8) is 0 Å². The summed E-state index contributed by atoms with van der Waals surface area (Å²) in [7, 11) is 0. The third kappa shape index (κ3) is 3.54. The molecule has 0 aromatic heterocycles. The number of hydrogen-bond acceptors (Lipinski definition) is 2. The summed E-state index contributed by atoms with van der Waals surface area (Å²) in [4.78, 5) is 26.8. The van der Waals surface area contributed by atoms with Crippen LogP contribution >= 0.6 is 11.6 Å². The number of carbonyl (C=O) groups excluding carboxylic acids is 2. The van der Waals surface area contributed by atoms with Crippen LogP contribution in [0.4, 0.5) is 11.4 Å². The average Bonchev–Trinajstić information content (AvgIpc) is 2.93. The molecule has 130 valence electrons. The van der Waals surface area contributed by atoms with E-state index in [1.54, 1.807) is 11.0 Å². The Morgan fingerprint density at radius 2 is 1.80 bits per heavy atom. The number of hydrogen-bond donors (Lipinski definition) is 1. The second-order valence-electron chi connectivity index (χ2n) is 6.60. The Morgan fingerprint density at radius 1 is 1.12 bits per heavy atom. The molecule has 5 heteroatoms. The highest BCUT2D eigenvalue weighted by molar-refractivity contribution is 6.31. The zero-order chi connectivity index (χ0) is 18.1. The Morgan fingerprint density at radius 3 is 2.44 bits per heavy atom. The third-order valence-electron chi connectivity index (χ3n) is 4.64. The summed E-state index contributed by atoms with van der Waals surface area (Å²) in [5.74, 6) is -0.534. The molecule has 1 aliphatic rings. The Hall–Kier alpha value is -2.33. The number of para-hydroxylation sites is 1. The first kappa shape index (κ1) is 17.5. The molecule has 2 aromatic carbocycles. The number of rotatable bonds is 3. The molecule has 2 aromatic rings. The van der Waals surface area contributed by atoms with Crippen molar-refractivity contribution >= 4 is 34.8 Å². The van der Waals surface area contributed by atoms with Gasteiger partial charge in [0, 0.05) is 29.4 Å². The second kappa shape index (κ2) is 6.89. The summed E-state index contributed by atoms with van der Waals surface area (Å²) in [5, 5.41) is 3.48. The van der Waals surface area contributed by atoms with E-state index in [1.165, 1.54) is 0 Å². The molecule has 1 N–H and O–H groups in total. The number of nitrogens with zero attached hydrogens (tertiary/aromatic N) is 1. The van der Waals surface area contributed by atoms with Crippen molar-refractivity contribution < 1.29 is 9.59 Å². The number of amides is 2. The summed E-state index contributed by atoms with van der Waals surface area (Å²) < 4.78 is 0. The summed E-state index contributed by atoms with van der Waals surface area (Å²) in [5.41, 5.74) is 4.61. The van der Waals surface area contributed by atoms with Crippen molar-refractivity contribution in [1.82, 2.24) is 0 Å². The number of nitrogens with one attached hydrogen (secondary N) is 1. The minimum Gasteiger partial charge on any atom is -0.326 e. The highest BCUT2D eigenvalue weighted by atomic mass is 35.5. The molecule has 1 atom stereocenters. The van der Waals surface area contributed by atoms with Gasteiger partial charge in [0.2, 0.25) is 11.8 Å². The average molecular weight is 357 g/mol. The topological polar surface area (TPSA) is 49.4 Å². The largest absolute Gasteiger partial charge is 0.326 e. The van der Waals surface area contributed by atoms with Crippen molar-refractivity contribution in [2.45, 2.75) is 27.2 Å². The number of anilines is 2. The van der Waals surface area contributed by atoms with Gasteiger partial charge in [-0.15, -0.1) is 0 Å². The van der Waals surface area contributed by atoms with Crippen molar-refractivity contribution in [2.75, 3.05) is 16.8 Å². The maximum absolute atomic E-state index is 12.6. The van der Waals surface area contributed by atoms with E-state index in [0.29, 0.717) is 17.3 Å². The predicted octanol–water partition coefficient (Wildman–Crippen LogP) is 4.26. The quantitative estimate of drug-likeness (QED) is 0.893. The molecule has 1 saturated heterocycles. The number of carbonyl (C=O) groups is 2. The maximum atomic E-state index is 12.6. The Labute approximate surface area is 152 Å². The molecular formula is C20H21ClN2O2. The van der Waals surface area contributed by atoms with Gasteiger partial charge in [-0.05, 0) is 49.6 Å². The van der Waals surface area contributed by atoms with Crippen molar-refractivity contribution in [3.05, 3.63) is 58.1 Å². The van der Waals surface area contributed by atoms with E-state index in [-0.39, 0.29) is 24.2 Å². The van der Waals surface area contributed by atoms with Gasteiger partial charge in [0.05, 0.1) is 5.92 Å². The minimum atomic E-state index is -0.369. The fourth-order valence-corrected chi connectivity index (χ4v) is 3.43. The van der Waals surface area contributed by atoms with E-state index in [4.69, 9.17) is 11.6 Å². The molecule has 1 unspecified atom stereocenters. The molecule has 1 fully saturated rings. The van der Waals surface area contributed by atoms with Crippen LogP contribution in [0.1, 0.15) is 23.1 Å². The highest BCUT2D eigenvalue weighted by Gasteiger charge is 2.36. The van der Waals surface area contributed by atoms with Gasteiger partial charge in [0.25, 0.3) is 0 Å². The summed E-state index contributed by atoms with van der Waals surface area (Å²) in [6, 6.07) is 11.4. The van der Waals surface area contributed by atoms with Crippen LogP contribution in [0, 0.1) is 26.7 Å². The smallest absolute Gasteiger partial charge is 0.229 e. The summed E-state index contributed by atoms with van der Waals surface area (Å²) >= 11 is 6.10. The number of aryl methyl sites for hydroxylation is 3. The lowest BCUT2D eigenvalue weighted by Gasteiger charge is -2.21. The van der Waals surface area contributed by atoms with E-state index >= 15 is 0 Å². The van der Waals surface area contributed by atoms with Crippen LogP contribution in [0.5, 0.6) is 0 Å². The Balaban J connectivity index is 1.75. The Kier molecular flexibility index (Phi) is 4.82. The van der Waals surface area contributed by atoms with Crippen LogP contribution in [-0.2, 0) is 9.59 Å². The Bertz CT molecular complexity index is 827. The van der Waals surface area contributed by atoms with E-state index in [0.717, 1.165) is 22.4 Å². The molecular weight excluding hydrogens is 336 g/mol. The lowest BCUT2D eigenvalue weighted by Crippen LogP contribution is -2.29. The summed E-state index contributed by atoms with van der Waals surface area (Å²) in [6.45, 7) is 6.27. The molecule has 3 rings (SSSR count). The lowest BCUT2D eigenvalue weighted by atomic mass is 10.1. The first-order valence-corrected chi connectivity index (χ1v) is 8.68. The van der Waals surface area contributed by atoms with Crippen molar-refractivity contribution in [3.8, 4) is 0 Å². The number of benzene rings is 2. The lowest BCUT2D eigenvalue weighted by molar-refractivity contribution is -0.122. The molecule has 0 bridgehead atoms.